The zero-order valence-corrected chi connectivity index (χ0v) is 16.4. The summed E-state index contributed by atoms with van der Waals surface area (Å²) in [6, 6.07) is 9.67. The van der Waals surface area contributed by atoms with Crippen LogP contribution in [0.15, 0.2) is 35.0 Å². The van der Waals surface area contributed by atoms with Crippen LogP contribution >= 0.6 is 22.7 Å². The fraction of sp³-hybridized carbons (Fsp3) is 0.474. The summed E-state index contributed by atoms with van der Waals surface area (Å²) >= 11 is 3.81. The van der Waals surface area contributed by atoms with E-state index in [1.807, 2.05) is 22.7 Å². The van der Waals surface area contributed by atoms with Crippen molar-refractivity contribution in [3.63, 3.8) is 0 Å². The van der Waals surface area contributed by atoms with E-state index in [9.17, 15) is 0 Å². The molecule has 0 aromatic carbocycles. The maximum atomic E-state index is 8.93. The molecule has 3 heterocycles. The second-order valence-electron chi connectivity index (χ2n) is 6.34. The average molecular weight is 394 g/mol. The van der Waals surface area contributed by atoms with Crippen LogP contribution in [0.25, 0.3) is 0 Å². The Kier molecular flexibility index (Phi) is 8.28. The van der Waals surface area contributed by atoms with Crippen LogP contribution in [0.4, 0.5) is 0 Å². The van der Waals surface area contributed by atoms with Gasteiger partial charge in [-0.25, -0.2) is 0 Å². The molecule has 142 valence electrons. The van der Waals surface area contributed by atoms with E-state index in [-0.39, 0.29) is 0 Å². The van der Waals surface area contributed by atoms with Crippen molar-refractivity contribution in [1.82, 2.24) is 4.90 Å². The van der Waals surface area contributed by atoms with Crippen LogP contribution < -0.4 is 10.2 Å². The number of rotatable bonds is 5. The van der Waals surface area contributed by atoms with Crippen molar-refractivity contribution in [3.8, 4) is 0 Å². The normalized spacial score (nSPS) is 15.9. The van der Waals surface area contributed by atoms with Gasteiger partial charge in [-0.1, -0.05) is 18.6 Å². The minimum Gasteiger partial charge on any atom is -0.543 e. The Morgan fingerprint density at radius 2 is 1.50 bits per heavy atom. The van der Waals surface area contributed by atoms with Gasteiger partial charge < -0.3 is 24.7 Å². The lowest BCUT2D eigenvalue weighted by molar-refractivity contribution is -0.345. The second kappa shape index (κ2) is 10.4. The molecular weight excluding hydrogens is 370 g/mol. The largest absolute Gasteiger partial charge is 0.543 e. The van der Waals surface area contributed by atoms with Crippen molar-refractivity contribution in [3.05, 3.63) is 44.8 Å². The first kappa shape index (κ1) is 20.6. The number of aliphatic carboxylic acids is 2. The maximum Gasteiger partial charge on any atom is 0.0870 e. The van der Waals surface area contributed by atoms with E-state index in [1.54, 1.807) is 0 Å². The van der Waals surface area contributed by atoms with Crippen molar-refractivity contribution in [2.75, 3.05) is 13.1 Å². The summed E-state index contributed by atoms with van der Waals surface area (Å²) in [6.07, 6.45) is 5.43. The van der Waals surface area contributed by atoms with Gasteiger partial charge in [0, 0.05) is 21.7 Å². The molecular formula is C19H23NO4S2-2. The highest BCUT2D eigenvalue weighted by molar-refractivity contribution is 7.11. The monoisotopic (exact) mass is 393 g/mol. The number of nitrogens with zero attached hydrogens (tertiary/aromatic N) is 1. The Labute approximate surface area is 161 Å². The number of carboxylic acids is 2. The SMILES string of the molecule is CC(CC(c1cccs1)c1cccs1)N1CCCCC1.O=C([O-])C(=O)[O-]. The molecule has 0 aliphatic carbocycles. The Morgan fingerprint density at radius 3 is 1.88 bits per heavy atom. The van der Waals surface area contributed by atoms with Crippen molar-refractivity contribution >= 4 is 34.6 Å². The summed E-state index contributed by atoms with van der Waals surface area (Å²) in [5, 5.41) is 22.3. The fourth-order valence-corrected chi connectivity index (χ4v) is 4.99. The molecule has 1 aliphatic rings. The number of carbonyl (C=O) groups excluding carboxylic acids is 2. The minimum atomic E-state index is -2.19. The molecule has 1 fully saturated rings. The van der Waals surface area contributed by atoms with Crippen molar-refractivity contribution in [2.45, 2.75) is 44.6 Å². The maximum absolute atomic E-state index is 8.93. The molecule has 0 radical (unpaired) electrons. The highest BCUT2D eigenvalue weighted by atomic mass is 32.1. The predicted molar refractivity (Wildman–Crippen MR) is 100.0 cm³/mol. The van der Waals surface area contributed by atoms with Crippen molar-refractivity contribution < 1.29 is 19.8 Å². The quantitative estimate of drug-likeness (QED) is 0.722. The lowest BCUT2D eigenvalue weighted by atomic mass is 9.95. The van der Waals surface area contributed by atoms with Crippen LogP contribution in [0.3, 0.4) is 0 Å². The molecule has 2 aromatic rings. The van der Waals surface area contributed by atoms with E-state index in [2.05, 4.69) is 46.8 Å². The number of hydrogen-bond acceptors (Lipinski definition) is 7. The number of likely N-dealkylation sites (tertiary alicyclic amines) is 1. The molecule has 1 aliphatic heterocycles. The second-order valence-corrected chi connectivity index (χ2v) is 8.30. The van der Waals surface area contributed by atoms with Crippen molar-refractivity contribution in [1.29, 1.82) is 0 Å². The molecule has 1 saturated heterocycles. The number of thiophene rings is 2. The Balaban J connectivity index is 0.000000352. The van der Waals surface area contributed by atoms with Crippen LogP contribution in [0, 0.1) is 0 Å². The molecule has 5 nitrogen and oxygen atoms in total. The number of carbonyl (C=O) groups is 2. The molecule has 26 heavy (non-hydrogen) atoms. The lowest BCUT2D eigenvalue weighted by Crippen LogP contribution is -2.42. The predicted octanol–water partition coefficient (Wildman–Crippen LogP) is 1.69. The number of piperidine rings is 1. The van der Waals surface area contributed by atoms with E-state index in [0.717, 1.165) is 0 Å². The third-order valence-corrected chi connectivity index (χ3v) is 6.50. The van der Waals surface area contributed by atoms with Gasteiger partial charge in [0.25, 0.3) is 0 Å². The van der Waals surface area contributed by atoms with Crippen LogP contribution in [-0.4, -0.2) is 36.0 Å². The molecule has 2 aromatic heterocycles. The Hall–Kier alpha value is -1.70. The molecule has 7 heteroatoms. The zero-order chi connectivity index (χ0) is 18.9. The first-order valence-corrected chi connectivity index (χ1v) is 10.5. The highest BCUT2D eigenvalue weighted by Gasteiger charge is 2.23. The van der Waals surface area contributed by atoms with E-state index in [4.69, 9.17) is 19.8 Å². The molecule has 0 spiro atoms. The first-order valence-electron chi connectivity index (χ1n) is 8.72. The highest BCUT2D eigenvalue weighted by Crippen LogP contribution is 2.36. The minimum absolute atomic E-state index is 0.590. The number of hydrogen-bond donors (Lipinski definition) is 0. The lowest BCUT2D eigenvalue weighted by Gasteiger charge is -2.34. The topological polar surface area (TPSA) is 83.5 Å². The summed E-state index contributed by atoms with van der Waals surface area (Å²) in [5.74, 6) is -3.78. The van der Waals surface area contributed by atoms with Crippen LogP contribution in [0.2, 0.25) is 0 Å². The molecule has 0 saturated carbocycles. The summed E-state index contributed by atoms with van der Waals surface area (Å²) in [6.45, 7) is 5.01. The first-order chi connectivity index (χ1) is 12.5. The summed E-state index contributed by atoms with van der Waals surface area (Å²) in [5.41, 5.74) is 0. The molecule has 0 amide bonds. The third kappa shape index (κ3) is 6.23. The van der Waals surface area contributed by atoms with Gasteiger partial charge in [0.2, 0.25) is 0 Å². The van der Waals surface area contributed by atoms with Gasteiger partial charge in [-0.2, -0.15) is 0 Å². The van der Waals surface area contributed by atoms with E-state index in [1.165, 1.54) is 48.5 Å². The van der Waals surface area contributed by atoms with Crippen LogP contribution in [0.5, 0.6) is 0 Å². The van der Waals surface area contributed by atoms with Gasteiger partial charge in [-0.15, -0.1) is 22.7 Å². The van der Waals surface area contributed by atoms with Gasteiger partial charge in [-0.3, -0.25) is 0 Å². The van der Waals surface area contributed by atoms with Gasteiger partial charge in [0.15, 0.2) is 0 Å². The fourth-order valence-electron chi connectivity index (χ4n) is 3.20. The summed E-state index contributed by atoms with van der Waals surface area (Å²) in [4.78, 5) is 23.6. The molecule has 3 rings (SSSR count). The standard InChI is InChI=1S/C17H23NS2.C2H2O4/c1-14(18-9-3-2-4-10-18)13-15(16-7-5-11-19-16)17-8-6-12-20-17;3-1(4)2(5)6/h5-8,11-12,14-15H,2-4,9-10,13H2,1H3;(H,3,4)(H,5,6)/p-2. The van der Waals surface area contributed by atoms with Crippen LogP contribution in [-0.2, 0) is 9.59 Å². The smallest absolute Gasteiger partial charge is 0.0870 e. The summed E-state index contributed by atoms with van der Waals surface area (Å²) < 4.78 is 0. The summed E-state index contributed by atoms with van der Waals surface area (Å²) in [7, 11) is 0. The van der Waals surface area contributed by atoms with Crippen molar-refractivity contribution in [2.24, 2.45) is 0 Å². The van der Waals surface area contributed by atoms with Gasteiger partial charge in [-0.05, 0) is 62.2 Å². The van der Waals surface area contributed by atoms with Gasteiger partial charge in [0.05, 0.1) is 11.9 Å². The average Bonchev–Trinajstić information content (AvgIpc) is 3.34. The van der Waals surface area contributed by atoms with E-state index < -0.39 is 11.9 Å². The molecule has 1 unspecified atom stereocenters. The Bertz CT molecular complexity index is 618. The third-order valence-electron chi connectivity index (χ3n) is 4.53. The molecule has 1 atom stereocenters. The molecule has 0 N–H and O–H groups in total. The Morgan fingerprint density at radius 1 is 1.00 bits per heavy atom. The zero-order valence-electron chi connectivity index (χ0n) is 14.8. The van der Waals surface area contributed by atoms with E-state index >= 15 is 0 Å². The van der Waals surface area contributed by atoms with Gasteiger partial charge >= 0.3 is 0 Å². The van der Waals surface area contributed by atoms with Crippen LogP contribution in [0.1, 0.15) is 48.3 Å². The number of carboxylic acid groups (broad SMARTS) is 2. The molecule has 0 bridgehead atoms. The van der Waals surface area contributed by atoms with E-state index in [0.29, 0.717) is 12.0 Å². The van der Waals surface area contributed by atoms with Gasteiger partial charge in [0.1, 0.15) is 0 Å².